The Hall–Kier alpha value is -0.880. The Morgan fingerprint density at radius 1 is 1.35 bits per heavy atom. The summed E-state index contributed by atoms with van der Waals surface area (Å²) >= 11 is 3.45. The van der Waals surface area contributed by atoms with Crippen molar-refractivity contribution < 1.29 is 0 Å². The largest absolute Gasteiger partial charge is 0.368 e. The summed E-state index contributed by atoms with van der Waals surface area (Å²) in [7, 11) is 0. The lowest BCUT2D eigenvalue weighted by atomic mass is 10.0. The van der Waals surface area contributed by atoms with E-state index in [2.05, 4.69) is 36.6 Å². The molecule has 2 aliphatic rings. The Bertz CT molecular complexity index is 428. The Labute approximate surface area is 109 Å². The van der Waals surface area contributed by atoms with Gasteiger partial charge < -0.3 is 10.7 Å². The summed E-state index contributed by atoms with van der Waals surface area (Å²) in [5.41, 5.74) is 3.10. The van der Waals surface area contributed by atoms with E-state index in [1.807, 2.05) is 0 Å². The average molecular weight is 298 g/mol. The predicted octanol–water partition coefficient (Wildman–Crippen LogP) is 2.13. The number of nitrogen functional groups attached to an aromatic ring is 1. The van der Waals surface area contributed by atoms with Crippen LogP contribution in [0, 0.1) is 11.3 Å². The smallest absolute Gasteiger partial charge is 0.159 e. The molecule has 5 nitrogen and oxygen atoms in total. The first kappa shape index (κ1) is 11.2. The fraction of sp³-hybridized carbons (Fsp3) is 0.636. The highest BCUT2D eigenvalue weighted by Crippen LogP contribution is 2.61. The van der Waals surface area contributed by atoms with E-state index in [1.54, 1.807) is 0 Å². The van der Waals surface area contributed by atoms with Crippen molar-refractivity contribution in [2.24, 2.45) is 17.2 Å². The first-order valence-electron chi connectivity index (χ1n) is 5.96. The molecule has 6 heteroatoms. The Morgan fingerprint density at radius 3 is 2.65 bits per heavy atom. The van der Waals surface area contributed by atoms with Crippen LogP contribution in [-0.4, -0.2) is 16.5 Å². The van der Waals surface area contributed by atoms with Crippen molar-refractivity contribution >= 4 is 27.6 Å². The molecule has 2 fully saturated rings. The van der Waals surface area contributed by atoms with E-state index in [-0.39, 0.29) is 0 Å². The van der Waals surface area contributed by atoms with Crippen LogP contribution >= 0.6 is 15.9 Å². The molecule has 3 rings (SSSR count). The molecule has 0 radical (unpaired) electrons. The molecule has 0 atom stereocenters. The lowest BCUT2D eigenvalue weighted by Gasteiger charge is -2.16. The van der Waals surface area contributed by atoms with Gasteiger partial charge in [-0.2, -0.15) is 0 Å². The summed E-state index contributed by atoms with van der Waals surface area (Å²) < 4.78 is 0.800. The van der Waals surface area contributed by atoms with Gasteiger partial charge in [-0.05, 0) is 52.9 Å². The van der Waals surface area contributed by atoms with Gasteiger partial charge in [0.2, 0.25) is 0 Å². The second-order valence-electron chi connectivity index (χ2n) is 5.02. The fourth-order valence-electron chi connectivity index (χ4n) is 2.44. The quantitative estimate of drug-likeness (QED) is 0.573. The number of hydrogen-bond acceptors (Lipinski definition) is 5. The topological polar surface area (TPSA) is 75.9 Å². The van der Waals surface area contributed by atoms with Crippen molar-refractivity contribution in [1.82, 2.24) is 9.97 Å². The van der Waals surface area contributed by atoms with Crippen LogP contribution in [0.4, 0.5) is 11.6 Å². The molecular weight excluding hydrogens is 282 g/mol. The highest BCUT2D eigenvalue weighted by Gasteiger charge is 2.53. The summed E-state index contributed by atoms with van der Waals surface area (Å²) in [6.07, 6.45) is 7.04. The lowest BCUT2D eigenvalue weighted by Crippen LogP contribution is -2.19. The summed E-state index contributed by atoms with van der Waals surface area (Å²) in [5.74, 6) is 7.75. The lowest BCUT2D eigenvalue weighted by molar-refractivity contribution is 0.466. The predicted molar refractivity (Wildman–Crippen MR) is 70.4 cm³/mol. The zero-order valence-electron chi connectivity index (χ0n) is 9.54. The molecule has 92 valence electrons. The van der Waals surface area contributed by atoms with Crippen molar-refractivity contribution in [2.45, 2.75) is 25.7 Å². The second-order valence-corrected chi connectivity index (χ2v) is 5.81. The zero-order chi connectivity index (χ0) is 11.9. The van der Waals surface area contributed by atoms with E-state index in [1.165, 1.54) is 32.0 Å². The van der Waals surface area contributed by atoms with Crippen molar-refractivity contribution in [2.75, 3.05) is 17.3 Å². The third-order valence-corrected chi connectivity index (χ3v) is 4.62. The number of halogens is 1. The van der Waals surface area contributed by atoms with E-state index >= 15 is 0 Å². The van der Waals surface area contributed by atoms with Gasteiger partial charge in [-0.15, -0.1) is 0 Å². The molecule has 1 aromatic heterocycles. The molecule has 1 aromatic rings. The molecule has 0 bridgehead atoms. The minimum Gasteiger partial charge on any atom is -0.368 e. The molecule has 0 aliphatic heterocycles. The number of hydrazine groups is 1. The summed E-state index contributed by atoms with van der Waals surface area (Å²) in [5, 5.41) is 3.42. The van der Waals surface area contributed by atoms with Crippen LogP contribution < -0.4 is 16.6 Å². The number of hydrogen-bond donors (Lipinski definition) is 3. The zero-order valence-corrected chi connectivity index (χ0v) is 11.1. The van der Waals surface area contributed by atoms with Crippen LogP contribution in [0.15, 0.2) is 10.8 Å². The number of rotatable bonds is 5. The molecule has 4 N–H and O–H groups in total. The first-order valence-corrected chi connectivity index (χ1v) is 6.75. The van der Waals surface area contributed by atoms with Crippen LogP contribution in [0.2, 0.25) is 0 Å². The van der Waals surface area contributed by atoms with Gasteiger partial charge in [-0.25, -0.2) is 15.8 Å². The molecule has 0 amide bonds. The number of nitrogens with zero attached hydrogens (tertiary/aromatic N) is 2. The molecule has 17 heavy (non-hydrogen) atoms. The maximum Gasteiger partial charge on any atom is 0.159 e. The van der Waals surface area contributed by atoms with Crippen molar-refractivity contribution in [3.05, 3.63) is 10.8 Å². The number of nitrogens with one attached hydrogen (secondary N) is 2. The van der Waals surface area contributed by atoms with Gasteiger partial charge in [-0.1, -0.05) is 0 Å². The van der Waals surface area contributed by atoms with E-state index < -0.39 is 0 Å². The van der Waals surface area contributed by atoms with Crippen molar-refractivity contribution in [1.29, 1.82) is 0 Å². The van der Waals surface area contributed by atoms with Crippen molar-refractivity contribution in [3.63, 3.8) is 0 Å². The monoisotopic (exact) mass is 297 g/mol. The van der Waals surface area contributed by atoms with Gasteiger partial charge in [0, 0.05) is 6.54 Å². The van der Waals surface area contributed by atoms with Crippen molar-refractivity contribution in [3.8, 4) is 0 Å². The molecule has 1 heterocycles. The molecular formula is C11H16BrN5. The standard InChI is InChI=1S/C11H16BrN5/c12-8-9(15-6-16-10(8)17-13)14-5-11(3-4-11)7-1-2-7/h6-7H,1-5,13H2,(H2,14,15,16,17). The van der Waals surface area contributed by atoms with E-state index in [4.69, 9.17) is 5.84 Å². The van der Waals surface area contributed by atoms with Crippen LogP contribution in [0.5, 0.6) is 0 Å². The molecule has 2 aliphatic carbocycles. The minimum absolute atomic E-state index is 0.556. The normalized spacial score (nSPS) is 21.1. The van der Waals surface area contributed by atoms with E-state index in [9.17, 15) is 0 Å². The van der Waals surface area contributed by atoms with E-state index in [0.29, 0.717) is 11.2 Å². The van der Waals surface area contributed by atoms with Crippen LogP contribution in [-0.2, 0) is 0 Å². The first-order chi connectivity index (χ1) is 8.25. The van der Waals surface area contributed by atoms with Gasteiger partial charge in [-0.3, -0.25) is 0 Å². The number of anilines is 2. The van der Waals surface area contributed by atoms with Gasteiger partial charge >= 0.3 is 0 Å². The third kappa shape index (κ3) is 2.11. The minimum atomic E-state index is 0.556. The van der Waals surface area contributed by atoms with Gasteiger partial charge in [0.1, 0.15) is 16.6 Å². The Morgan fingerprint density at radius 2 is 2.06 bits per heavy atom. The Kier molecular flexibility index (Phi) is 2.71. The third-order valence-electron chi connectivity index (χ3n) is 3.87. The van der Waals surface area contributed by atoms with Crippen LogP contribution in [0.25, 0.3) is 0 Å². The van der Waals surface area contributed by atoms with Gasteiger partial charge in [0.05, 0.1) is 0 Å². The second kappa shape index (κ2) is 4.10. The molecule has 0 unspecified atom stereocenters. The Balaban J connectivity index is 1.68. The summed E-state index contributed by atoms with van der Waals surface area (Å²) in [4.78, 5) is 8.26. The summed E-state index contributed by atoms with van der Waals surface area (Å²) in [6, 6.07) is 0. The summed E-state index contributed by atoms with van der Waals surface area (Å²) in [6.45, 7) is 1.01. The highest BCUT2D eigenvalue weighted by atomic mass is 79.9. The van der Waals surface area contributed by atoms with Gasteiger partial charge in [0.25, 0.3) is 0 Å². The maximum atomic E-state index is 5.37. The molecule has 0 aromatic carbocycles. The molecule has 0 spiro atoms. The fourth-order valence-corrected chi connectivity index (χ4v) is 2.90. The molecule has 2 saturated carbocycles. The maximum absolute atomic E-state index is 5.37. The van der Waals surface area contributed by atoms with Crippen LogP contribution in [0.3, 0.4) is 0 Å². The highest BCUT2D eigenvalue weighted by molar-refractivity contribution is 9.10. The average Bonchev–Trinajstić information content (AvgIpc) is 3.19. The van der Waals surface area contributed by atoms with Crippen LogP contribution in [0.1, 0.15) is 25.7 Å². The molecule has 0 saturated heterocycles. The van der Waals surface area contributed by atoms with Gasteiger partial charge in [0.15, 0.2) is 5.82 Å². The number of nitrogens with two attached hydrogens (primary N) is 1. The SMILES string of the molecule is NNc1ncnc(NCC2(C3CC3)CC2)c1Br. The van der Waals surface area contributed by atoms with E-state index in [0.717, 1.165) is 22.8 Å². The number of aromatic nitrogens is 2.